The van der Waals surface area contributed by atoms with E-state index in [1.807, 2.05) is 50.2 Å². The Morgan fingerprint density at radius 2 is 1.96 bits per heavy atom. The van der Waals surface area contributed by atoms with Crippen molar-refractivity contribution in [2.45, 2.75) is 33.2 Å². The molecule has 0 radical (unpaired) electrons. The predicted octanol–water partition coefficient (Wildman–Crippen LogP) is 3.35. The second-order valence-corrected chi connectivity index (χ2v) is 6.82. The highest BCUT2D eigenvalue weighted by Gasteiger charge is 2.23. The SMILES string of the molecule is COc1ccc(C)cc1NC(=O)[C@H](C)Nc1ccc2c(c1)CCN2C(C)=O. The van der Waals surface area contributed by atoms with Crippen LogP contribution < -0.4 is 20.3 Å². The molecule has 0 saturated carbocycles. The van der Waals surface area contributed by atoms with Crippen molar-refractivity contribution in [3.8, 4) is 5.75 Å². The van der Waals surface area contributed by atoms with Gasteiger partial charge < -0.3 is 20.3 Å². The Bertz CT molecular complexity index is 879. The minimum absolute atomic E-state index is 0.0503. The van der Waals surface area contributed by atoms with Gasteiger partial charge >= 0.3 is 0 Å². The molecule has 0 aromatic heterocycles. The van der Waals surface area contributed by atoms with Crippen molar-refractivity contribution in [3.05, 3.63) is 47.5 Å². The van der Waals surface area contributed by atoms with Crippen LogP contribution in [0.3, 0.4) is 0 Å². The highest BCUT2D eigenvalue weighted by molar-refractivity contribution is 5.98. The predicted molar refractivity (Wildman–Crippen MR) is 108 cm³/mol. The molecule has 6 heteroatoms. The molecule has 2 N–H and O–H groups in total. The first-order valence-electron chi connectivity index (χ1n) is 9.02. The largest absolute Gasteiger partial charge is 0.495 e. The van der Waals surface area contributed by atoms with Crippen molar-refractivity contribution in [2.24, 2.45) is 0 Å². The van der Waals surface area contributed by atoms with E-state index in [0.717, 1.165) is 28.9 Å². The van der Waals surface area contributed by atoms with Gasteiger partial charge in [0.15, 0.2) is 0 Å². The second-order valence-electron chi connectivity index (χ2n) is 6.82. The van der Waals surface area contributed by atoms with Crippen molar-refractivity contribution >= 4 is 28.9 Å². The van der Waals surface area contributed by atoms with Gasteiger partial charge in [0.2, 0.25) is 11.8 Å². The number of ether oxygens (including phenoxy) is 1. The number of hydrogen-bond donors (Lipinski definition) is 2. The third-order valence-electron chi connectivity index (χ3n) is 4.74. The van der Waals surface area contributed by atoms with E-state index in [1.54, 1.807) is 18.9 Å². The number of aryl methyl sites for hydroxylation is 1. The van der Waals surface area contributed by atoms with E-state index in [4.69, 9.17) is 4.74 Å². The molecule has 27 heavy (non-hydrogen) atoms. The highest BCUT2D eigenvalue weighted by atomic mass is 16.5. The van der Waals surface area contributed by atoms with E-state index in [9.17, 15) is 9.59 Å². The summed E-state index contributed by atoms with van der Waals surface area (Å²) in [7, 11) is 1.58. The fraction of sp³-hybridized carbons (Fsp3) is 0.333. The summed E-state index contributed by atoms with van der Waals surface area (Å²) in [5.41, 5.74) is 4.62. The molecule has 0 spiro atoms. The molecule has 2 aromatic carbocycles. The standard InChI is InChI=1S/C21H25N3O3/c1-13-5-8-20(27-4)18(11-13)23-21(26)14(2)22-17-6-7-19-16(12-17)9-10-24(19)15(3)25/h5-8,11-12,14,22H,9-10H2,1-4H3,(H,23,26)/t14-/m0/s1. The van der Waals surface area contributed by atoms with Crippen LogP contribution in [0.1, 0.15) is 25.0 Å². The molecular weight excluding hydrogens is 342 g/mol. The number of rotatable bonds is 5. The Morgan fingerprint density at radius 1 is 1.19 bits per heavy atom. The first-order chi connectivity index (χ1) is 12.9. The van der Waals surface area contributed by atoms with Crippen LogP contribution in [0, 0.1) is 6.92 Å². The highest BCUT2D eigenvalue weighted by Crippen LogP contribution is 2.31. The molecule has 0 bridgehead atoms. The molecule has 2 aromatic rings. The number of fused-ring (bicyclic) bond motifs is 1. The van der Waals surface area contributed by atoms with Crippen LogP contribution in [0.2, 0.25) is 0 Å². The maximum atomic E-state index is 12.6. The van der Waals surface area contributed by atoms with E-state index in [-0.39, 0.29) is 11.8 Å². The molecule has 1 aliphatic heterocycles. The summed E-state index contributed by atoms with van der Waals surface area (Å²) >= 11 is 0. The van der Waals surface area contributed by atoms with Crippen LogP contribution in [-0.2, 0) is 16.0 Å². The zero-order valence-electron chi connectivity index (χ0n) is 16.1. The van der Waals surface area contributed by atoms with Gasteiger partial charge in [-0.05, 0) is 61.7 Å². The Kier molecular flexibility index (Phi) is 5.35. The number of benzene rings is 2. The van der Waals surface area contributed by atoms with Gasteiger partial charge in [0.1, 0.15) is 11.8 Å². The molecule has 0 aliphatic carbocycles. The Morgan fingerprint density at radius 3 is 2.67 bits per heavy atom. The first kappa shape index (κ1) is 18.8. The number of carbonyl (C=O) groups excluding carboxylic acids is 2. The van der Waals surface area contributed by atoms with E-state index in [2.05, 4.69) is 10.6 Å². The van der Waals surface area contributed by atoms with Gasteiger partial charge in [-0.2, -0.15) is 0 Å². The molecular formula is C21H25N3O3. The minimum atomic E-state index is -0.432. The Balaban J connectivity index is 1.69. The summed E-state index contributed by atoms with van der Waals surface area (Å²) in [6, 6.07) is 11.1. The zero-order valence-corrected chi connectivity index (χ0v) is 16.1. The van der Waals surface area contributed by atoms with E-state index < -0.39 is 6.04 Å². The number of anilines is 3. The van der Waals surface area contributed by atoms with Crippen LogP contribution in [0.5, 0.6) is 5.75 Å². The van der Waals surface area contributed by atoms with E-state index >= 15 is 0 Å². The first-order valence-corrected chi connectivity index (χ1v) is 9.02. The van der Waals surface area contributed by atoms with E-state index in [0.29, 0.717) is 18.0 Å². The lowest BCUT2D eigenvalue weighted by Gasteiger charge is -2.18. The van der Waals surface area contributed by atoms with Gasteiger partial charge in [0.05, 0.1) is 12.8 Å². The smallest absolute Gasteiger partial charge is 0.246 e. The summed E-state index contributed by atoms with van der Waals surface area (Å²) in [5, 5.41) is 6.15. The van der Waals surface area contributed by atoms with Crippen molar-refractivity contribution in [3.63, 3.8) is 0 Å². The van der Waals surface area contributed by atoms with Crippen molar-refractivity contribution in [1.29, 1.82) is 0 Å². The lowest BCUT2D eigenvalue weighted by molar-refractivity contribution is -0.117. The fourth-order valence-electron chi connectivity index (χ4n) is 3.29. The molecule has 1 atom stereocenters. The molecule has 1 aliphatic rings. The molecule has 3 rings (SSSR count). The van der Waals surface area contributed by atoms with Gasteiger partial charge in [-0.25, -0.2) is 0 Å². The van der Waals surface area contributed by atoms with Crippen LogP contribution in [0.4, 0.5) is 17.1 Å². The summed E-state index contributed by atoms with van der Waals surface area (Å²) in [5.74, 6) is 0.530. The number of nitrogens with one attached hydrogen (secondary N) is 2. The maximum Gasteiger partial charge on any atom is 0.246 e. The molecule has 142 valence electrons. The average molecular weight is 367 g/mol. The molecule has 6 nitrogen and oxygen atoms in total. The molecule has 0 saturated heterocycles. The average Bonchev–Trinajstić information content (AvgIpc) is 3.05. The van der Waals surface area contributed by atoms with Gasteiger partial charge in [-0.1, -0.05) is 6.07 Å². The monoisotopic (exact) mass is 367 g/mol. The number of hydrogen-bond acceptors (Lipinski definition) is 4. The summed E-state index contributed by atoms with van der Waals surface area (Å²) in [4.78, 5) is 26.0. The molecule has 0 unspecified atom stereocenters. The van der Waals surface area contributed by atoms with Crippen molar-refractivity contribution < 1.29 is 14.3 Å². The number of carbonyl (C=O) groups is 2. The fourth-order valence-corrected chi connectivity index (χ4v) is 3.29. The molecule has 1 heterocycles. The zero-order chi connectivity index (χ0) is 19.6. The third kappa shape index (κ3) is 4.05. The Labute approximate surface area is 159 Å². The molecule has 2 amide bonds. The van der Waals surface area contributed by atoms with E-state index in [1.165, 1.54) is 0 Å². The quantitative estimate of drug-likeness (QED) is 0.850. The number of methoxy groups -OCH3 is 1. The second kappa shape index (κ2) is 7.70. The normalized spacial score (nSPS) is 13.7. The lowest BCUT2D eigenvalue weighted by Crippen LogP contribution is -2.32. The van der Waals surface area contributed by atoms with Crippen LogP contribution >= 0.6 is 0 Å². The Hall–Kier alpha value is -3.02. The lowest BCUT2D eigenvalue weighted by atomic mass is 10.1. The van der Waals surface area contributed by atoms with Crippen LogP contribution in [0.25, 0.3) is 0 Å². The maximum absolute atomic E-state index is 12.6. The topological polar surface area (TPSA) is 70.7 Å². The summed E-state index contributed by atoms with van der Waals surface area (Å²) in [6.45, 7) is 6.06. The summed E-state index contributed by atoms with van der Waals surface area (Å²) < 4.78 is 5.31. The van der Waals surface area contributed by atoms with Crippen molar-refractivity contribution in [1.82, 2.24) is 0 Å². The van der Waals surface area contributed by atoms with Gasteiger partial charge in [-0.15, -0.1) is 0 Å². The van der Waals surface area contributed by atoms with Crippen molar-refractivity contribution in [2.75, 3.05) is 29.2 Å². The number of nitrogens with zero attached hydrogens (tertiary/aromatic N) is 1. The van der Waals surface area contributed by atoms with Crippen LogP contribution in [-0.4, -0.2) is 31.5 Å². The summed E-state index contributed by atoms with van der Waals surface area (Å²) in [6.07, 6.45) is 0.825. The van der Waals surface area contributed by atoms with Gasteiger partial charge in [0, 0.05) is 24.8 Å². The molecule has 0 fully saturated rings. The minimum Gasteiger partial charge on any atom is -0.495 e. The third-order valence-corrected chi connectivity index (χ3v) is 4.74. The van der Waals surface area contributed by atoms with Gasteiger partial charge in [-0.3, -0.25) is 9.59 Å². The van der Waals surface area contributed by atoms with Gasteiger partial charge in [0.25, 0.3) is 0 Å². The van der Waals surface area contributed by atoms with Crippen LogP contribution in [0.15, 0.2) is 36.4 Å². The number of amides is 2.